The van der Waals surface area contributed by atoms with Crippen molar-refractivity contribution in [1.82, 2.24) is 10.2 Å². The van der Waals surface area contributed by atoms with Gasteiger partial charge in [-0.2, -0.15) is 0 Å². The number of methoxy groups -OCH3 is 1. The fourth-order valence-corrected chi connectivity index (χ4v) is 1.98. The molecule has 1 fully saturated rings. The Hall–Kier alpha value is -1.14. The molecule has 1 rings (SSSR count). The van der Waals surface area contributed by atoms with Gasteiger partial charge in [0.2, 0.25) is 5.91 Å². The monoisotopic (exact) mass is 244 g/mol. The van der Waals surface area contributed by atoms with E-state index in [1.807, 2.05) is 0 Å². The molecule has 1 saturated heterocycles. The molecule has 1 unspecified atom stereocenters. The normalized spacial score (nSPS) is 20.4. The number of likely N-dealkylation sites (tertiary alicyclic amines) is 1. The summed E-state index contributed by atoms with van der Waals surface area (Å²) in [7, 11) is 1.61. The molecule has 1 aliphatic rings. The third-order valence-electron chi connectivity index (χ3n) is 2.84. The Morgan fingerprint density at radius 2 is 2.29 bits per heavy atom. The molecule has 1 amide bonds. The fraction of sp³-hybridized carbons (Fsp3) is 0.818. The van der Waals surface area contributed by atoms with Crippen LogP contribution in [0.3, 0.4) is 0 Å². The third-order valence-corrected chi connectivity index (χ3v) is 2.84. The number of hydrogen-bond donors (Lipinski definition) is 2. The lowest BCUT2D eigenvalue weighted by atomic mass is 10.2. The fourth-order valence-electron chi connectivity index (χ4n) is 1.98. The summed E-state index contributed by atoms with van der Waals surface area (Å²) in [6.07, 6.45) is 2.24. The van der Waals surface area contributed by atoms with E-state index in [0.29, 0.717) is 26.1 Å². The van der Waals surface area contributed by atoms with Gasteiger partial charge in [0.25, 0.3) is 0 Å². The first-order valence-electron chi connectivity index (χ1n) is 5.87. The van der Waals surface area contributed by atoms with Crippen LogP contribution in [0.1, 0.15) is 19.3 Å². The van der Waals surface area contributed by atoms with E-state index < -0.39 is 12.0 Å². The van der Waals surface area contributed by atoms with Crippen LogP contribution in [-0.4, -0.2) is 61.3 Å². The standard InChI is InChI=1S/C11H20N2O4/c1-17-7-3-5-12-10(14)8-13-6-2-4-9(13)11(15)16/h9H,2-8H2,1H3,(H,12,14)(H,15,16). The molecule has 1 atom stereocenters. The van der Waals surface area contributed by atoms with Crippen molar-refractivity contribution in [2.75, 3.05) is 33.4 Å². The maximum Gasteiger partial charge on any atom is 0.320 e. The van der Waals surface area contributed by atoms with Crippen molar-refractivity contribution in [3.8, 4) is 0 Å². The van der Waals surface area contributed by atoms with Gasteiger partial charge in [-0.15, -0.1) is 0 Å². The molecule has 0 aromatic rings. The summed E-state index contributed by atoms with van der Waals surface area (Å²) in [5, 5.41) is 11.7. The molecule has 0 spiro atoms. The maximum absolute atomic E-state index is 11.5. The highest BCUT2D eigenvalue weighted by atomic mass is 16.5. The number of rotatable bonds is 7. The lowest BCUT2D eigenvalue weighted by Crippen LogP contribution is -2.43. The highest BCUT2D eigenvalue weighted by molar-refractivity contribution is 5.80. The van der Waals surface area contributed by atoms with Crippen LogP contribution < -0.4 is 5.32 Å². The quantitative estimate of drug-likeness (QED) is 0.600. The van der Waals surface area contributed by atoms with Crippen molar-refractivity contribution in [2.24, 2.45) is 0 Å². The Kier molecular flexibility index (Phi) is 5.93. The zero-order valence-corrected chi connectivity index (χ0v) is 10.1. The van der Waals surface area contributed by atoms with Crippen molar-refractivity contribution < 1.29 is 19.4 Å². The van der Waals surface area contributed by atoms with E-state index in [4.69, 9.17) is 9.84 Å². The number of aliphatic carboxylic acids is 1. The third kappa shape index (κ3) is 4.70. The SMILES string of the molecule is COCCCNC(=O)CN1CCCC1C(=O)O. The minimum atomic E-state index is -0.838. The van der Waals surface area contributed by atoms with Gasteiger partial charge in [-0.1, -0.05) is 0 Å². The summed E-state index contributed by atoms with van der Waals surface area (Å²) in [6.45, 7) is 2.03. The van der Waals surface area contributed by atoms with Gasteiger partial charge < -0.3 is 15.2 Å². The number of carbonyl (C=O) groups is 2. The van der Waals surface area contributed by atoms with Gasteiger partial charge in [-0.25, -0.2) is 0 Å². The molecule has 0 aromatic heterocycles. The van der Waals surface area contributed by atoms with E-state index >= 15 is 0 Å². The number of carboxylic acid groups (broad SMARTS) is 1. The number of ether oxygens (including phenoxy) is 1. The van der Waals surface area contributed by atoms with E-state index in [-0.39, 0.29) is 12.5 Å². The molecule has 17 heavy (non-hydrogen) atoms. The average Bonchev–Trinajstić information content (AvgIpc) is 2.72. The number of nitrogens with zero attached hydrogens (tertiary/aromatic N) is 1. The molecule has 6 heteroatoms. The van der Waals surface area contributed by atoms with Gasteiger partial charge in [0.1, 0.15) is 6.04 Å². The van der Waals surface area contributed by atoms with Gasteiger partial charge in [-0.05, 0) is 25.8 Å². The van der Waals surface area contributed by atoms with Crippen LogP contribution in [0.25, 0.3) is 0 Å². The summed E-state index contributed by atoms with van der Waals surface area (Å²) < 4.78 is 4.87. The summed E-state index contributed by atoms with van der Waals surface area (Å²) in [4.78, 5) is 24.2. The molecule has 0 aliphatic carbocycles. The molecule has 0 bridgehead atoms. The topological polar surface area (TPSA) is 78.9 Å². The second kappa shape index (κ2) is 7.24. The molecule has 1 heterocycles. The Morgan fingerprint density at radius 1 is 1.53 bits per heavy atom. The lowest BCUT2D eigenvalue weighted by molar-refractivity contribution is -0.142. The molecule has 2 N–H and O–H groups in total. The van der Waals surface area contributed by atoms with Crippen LogP contribution in [0.2, 0.25) is 0 Å². The number of carbonyl (C=O) groups excluding carboxylic acids is 1. The Morgan fingerprint density at radius 3 is 2.94 bits per heavy atom. The van der Waals surface area contributed by atoms with Crippen molar-refractivity contribution >= 4 is 11.9 Å². The van der Waals surface area contributed by atoms with Gasteiger partial charge >= 0.3 is 5.97 Å². The number of carboxylic acids is 1. The summed E-state index contributed by atoms with van der Waals surface area (Å²) in [6, 6.07) is -0.500. The van der Waals surface area contributed by atoms with Crippen LogP contribution in [0.4, 0.5) is 0 Å². The van der Waals surface area contributed by atoms with Gasteiger partial charge in [0, 0.05) is 20.3 Å². The minimum Gasteiger partial charge on any atom is -0.480 e. The first-order valence-corrected chi connectivity index (χ1v) is 5.87. The molecular weight excluding hydrogens is 224 g/mol. The van der Waals surface area contributed by atoms with Gasteiger partial charge in [0.15, 0.2) is 0 Å². The van der Waals surface area contributed by atoms with E-state index in [1.165, 1.54) is 0 Å². The minimum absolute atomic E-state index is 0.116. The predicted molar refractivity (Wildman–Crippen MR) is 61.7 cm³/mol. The highest BCUT2D eigenvalue weighted by Gasteiger charge is 2.31. The highest BCUT2D eigenvalue weighted by Crippen LogP contribution is 2.16. The first kappa shape index (κ1) is 13.9. The molecular formula is C11H20N2O4. The van der Waals surface area contributed by atoms with Gasteiger partial charge in [0.05, 0.1) is 6.54 Å². The molecule has 0 saturated carbocycles. The number of nitrogens with one attached hydrogen (secondary N) is 1. The molecule has 1 aliphatic heterocycles. The smallest absolute Gasteiger partial charge is 0.320 e. The number of hydrogen-bond acceptors (Lipinski definition) is 4. The Balaban J connectivity index is 2.23. The van der Waals surface area contributed by atoms with E-state index in [9.17, 15) is 9.59 Å². The van der Waals surface area contributed by atoms with Crippen LogP contribution in [-0.2, 0) is 14.3 Å². The second-order valence-electron chi connectivity index (χ2n) is 4.16. The molecule has 98 valence electrons. The van der Waals surface area contributed by atoms with Crippen molar-refractivity contribution in [3.63, 3.8) is 0 Å². The molecule has 6 nitrogen and oxygen atoms in total. The van der Waals surface area contributed by atoms with Crippen LogP contribution in [0.5, 0.6) is 0 Å². The first-order chi connectivity index (χ1) is 8.15. The van der Waals surface area contributed by atoms with Gasteiger partial charge in [-0.3, -0.25) is 14.5 Å². The predicted octanol–water partition coefficient (Wildman–Crippen LogP) is -0.312. The summed E-state index contributed by atoms with van der Waals surface area (Å²) >= 11 is 0. The Labute approximate surface area is 101 Å². The lowest BCUT2D eigenvalue weighted by Gasteiger charge is -2.20. The number of amides is 1. The van der Waals surface area contributed by atoms with Crippen molar-refractivity contribution in [2.45, 2.75) is 25.3 Å². The largest absolute Gasteiger partial charge is 0.480 e. The van der Waals surface area contributed by atoms with Crippen LogP contribution in [0, 0.1) is 0 Å². The zero-order chi connectivity index (χ0) is 12.7. The maximum atomic E-state index is 11.5. The molecule has 0 aromatic carbocycles. The average molecular weight is 244 g/mol. The summed E-state index contributed by atoms with van der Waals surface area (Å²) in [5.41, 5.74) is 0. The van der Waals surface area contributed by atoms with E-state index in [1.54, 1.807) is 12.0 Å². The van der Waals surface area contributed by atoms with Crippen molar-refractivity contribution in [3.05, 3.63) is 0 Å². The van der Waals surface area contributed by atoms with E-state index in [0.717, 1.165) is 12.8 Å². The van der Waals surface area contributed by atoms with Crippen LogP contribution >= 0.6 is 0 Å². The van der Waals surface area contributed by atoms with Crippen molar-refractivity contribution in [1.29, 1.82) is 0 Å². The second-order valence-corrected chi connectivity index (χ2v) is 4.16. The zero-order valence-electron chi connectivity index (χ0n) is 10.1. The van der Waals surface area contributed by atoms with Crippen LogP contribution in [0.15, 0.2) is 0 Å². The van der Waals surface area contributed by atoms with E-state index in [2.05, 4.69) is 5.32 Å². The Bertz CT molecular complexity index is 270. The molecule has 0 radical (unpaired) electrons. The summed E-state index contributed by atoms with van der Waals surface area (Å²) in [5.74, 6) is -0.955.